The van der Waals surface area contributed by atoms with Crippen LogP contribution in [0, 0.1) is 5.82 Å². The van der Waals surface area contributed by atoms with Crippen molar-refractivity contribution in [2.75, 3.05) is 0 Å². The fraction of sp³-hybridized carbons (Fsp3) is 0.182. The molecule has 0 fully saturated rings. The van der Waals surface area contributed by atoms with E-state index in [0.717, 1.165) is 0 Å². The zero-order chi connectivity index (χ0) is 21.0. The Balaban J connectivity index is 1.86. The SMILES string of the molecule is CCC(c1cccc(OCc2c(F)cccc2Cl)c1)S(=O)(=O)c1ccc(Cl)cc1. The summed E-state index contributed by atoms with van der Waals surface area (Å²) in [5, 5.41) is 0.00128. The first-order chi connectivity index (χ1) is 13.8. The van der Waals surface area contributed by atoms with Crippen molar-refractivity contribution in [2.45, 2.75) is 30.1 Å². The van der Waals surface area contributed by atoms with Gasteiger partial charge < -0.3 is 4.74 Å². The lowest BCUT2D eigenvalue weighted by Gasteiger charge is -2.18. The summed E-state index contributed by atoms with van der Waals surface area (Å²) in [5.74, 6) is -0.0167. The molecule has 0 spiro atoms. The van der Waals surface area contributed by atoms with Crippen LogP contribution < -0.4 is 4.74 Å². The van der Waals surface area contributed by atoms with Crippen LogP contribution in [0.3, 0.4) is 0 Å². The second kappa shape index (κ2) is 9.16. The highest BCUT2D eigenvalue weighted by Gasteiger charge is 2.28. The number of benzene rings is 3. The number of ether oxygens (including phenoxy) is 1. The third kappa shape index (κ3) is 4.92. The molecule has 0 bridgehead atoms. The molecule has 0 saturated carbocycles. The van der Waals surface area contributed by atoms with Crippen molar-refractivity contribution in [3.05, 3.63) is 93.7 Å². The molecule has 0 amide bonds. The molecule has 3 nitrogen and oxygen atoms in total. The van der Waals surface area contributed by atoms with E-state index in [-0.39, 0.29) is 22.1 Å². The molecule has 0 radical (unpaired) electrons. The molecular weight excluding hydrogens is 434 g/mol. The molecule has 1 atom stereocenters. The Morgan fingerprint density at radius 3 is 2.34 bits per heavy atom. The van der Waals surface area contributed by atoms with Crippen molar-refractivity contribution in [3.8, 4) is 5.75 Å². The van der Waals surface area contributed by atoms with E-state index in [0.29, 0.717) is 22.8 Å². The van der Waals surface area contributed by atoms with Gasteiger partial charge in [0.15, 0.2) is 9.84 Å². The van der Waals surface area contributed by atoms with Gasteiger partial charge in [0.25, 0.3) is 0 Å². The van der Waals surface area contributed by atoms with E-state index in [1.54, 1.807) is 42.5 Å². The van der Waals surface area contributed by atoms with E-state index in [4.69, 9.17) is 27.9 Å². The normalized spacial score (nSPS) is 12.6. The van der Waals surface area contributed by atoms with Crippen LogP contribution in [0.1, 0.15) is 29.7 Å². The third-order valence-corrected chi connectivity index (χ3v) is 7.45. The standard InChI is InChI=1S/C22H19Cl2FO3S/c1-2-22(29(26,27)18-11-9-16(23)10-12-18)15-5-3-6-17(13-15)28-14-19-20(24)7-4-8-21(19)25/h3-13,22H,2,14H2,1H3. The van der Waals surface area contributed by atoms with Crippen LogP contribution in [0.4, 0.5) is 4.39 Å². The van der Waals surface area contributed by atoms with E-state index in [9.17, 15) is 12.8 Å². The zero-order valence-electron chi connectivity index (χ0n) is 15.6. The van der Waals surface area contributed by atoms with Crippen LogP contribution >= 0.6 is 23.2 Å². The quantitative estimate of drug-likeness (QED) is 0.403. The third-order valence-electron chi connectivity index (χ3n) is 4.56. The lowest BCUT2D eigenvalue weighted by atomic mass is 10.1. The smallest absolute Gasteiger partial charge is 0.185 e. The largest absolute Gasteiger partial charge is 0.489 e. The fourth-order valence-corrected chi connectivity index (χ4v) is 5.18. The predicted octanol–water partition coefficient (Wildman–Crippen LogP) is 6.64. The summed E-state index contributed by atoms with van der Waals surface area (Å²) in [7, 11) is -3.61. The highest BCUT2D eigenvalue weighted by molar-refractivity contribution is 7.91. The molecule has 3 aromatic carbocycles. The number of rotatable bonds is 7. The molecule has 0 aromatic heterocycles. The number of halogens is 3. The van der Waals surface area contributed by atoms with Gasteiger partial charge in [-0.05, 0) is 60.5 Å². The molecule has 0 N–H and O–H groups in total. The molecule has 152 valence electrons. The van der Waals surface area contributed by atoms with Crippen LogP contribution in [-0.4, -0.2) is 8.42 Å². The van der Waals surface area contributed by atoms with E-state index >= 15 is 0 Å². The molecule has 0 saturated heterocycles. The van der Waals surface area contributed by atoms with Crippen molar-refractivity contribution in [1.82, 2.24) is 0 Å². The van der Waals surface area contributed by atoms with E-state index in [2.05, 4.69) is 0 Å². The first-order valence-corrected chi connectivity index (χ1v) is 11.3. The summed E-state index contributed by atoms with van der Waals surface area (Å²) in [4.78, 5) is 0.207. The van der Waals surface area contributed by atoms with Crippen LogP contribution in [0.15, 0.2) is 71.6 Å². The first kappa shape index (κ1) is 21.6. The average molecular weight is 453 g/mol. The topological polar surface area (TPSA) is 43.4 Å². The van der Waals surface area contributed by atoms with E-state index in [1.807, 2.05) is 6.92 Å². The van der Waals surface area contributed by atoms with E-state index < -0.39 is 20.9 Å². The fourth-order valence-electron chi connectivity index (χ4n) is 3.05. The Morgan fingerprint density at radius 1 is 1.00 bits per heavy atom. The lowest BCUT2D eigenvalue weighted by molar-refractivity contribution is 0.299. The van der Waals surface area contributed by atoms with Crippen molar-refractivity contribution >= 4 is 33.0 Å². The van der Waals surface area contributed by atoms with Crippen molar-refractivity contribution < 1.29 is 17.5 Å². The highest BCUT2D eigenvalue weighted by atomic mass is 35.5. The molecule has 0 aliphatic heterocycles. The highest BCUT2D eigenvalue weighted by Crippen LogP contribution is 2.34. The Labute approximate surface area is 180 Å². The van der Waals surface area contributed by atoms with Crippen molar-refractivity contribution in [1.29, 1.82) is 0 Å². The molecule has 3 aromatic rings. The summed E-state index contributed by atoms with van der Waals surface area (Å²) in [6, 6.07) is 17.3. The minimum absolute atomic E-state index is 0.0598. The molecule has 7 heteroatoms. The Hall–Kier alpha value is -2.08. The number of hydrogen-bond donors (Lipinski definition) is 0. The molecule has 1 unspecified atom stereocenters. The summed E-state index contributed by atoms with van der Waals surface area (Å²) in [6.45, 7) is 1.75. The van der Waals surface area contributed by atoms with Crippen LogP contribution in [-0.2, 0) is 16.4 Å². The van der Waals surface area contributed by atoms with Gasteiger partial charge in [-0.1, -0.05) is 48.3 Å². The molecular formula is C22H19Cl2FO3S. The lowest BCUT2D eigenvalue weighted by Crippen LogP contribution is -2.13. The predicted molar refractivity (Wildman–Crippen MR) is 114 cm³/mol. The van der Waals surface area contributed by atoms with Gasteiger partial charge in [-0.15, -0.1) is 0 Å². The van der Waals surface area contributed by atoms with Gasteiger partial charge in [-0.3, -0.25) is 0 Å². The van der Waals surface area contributed by atoms with Gasteiger partial charge in [0.2, 0.25) is 0 Å². The van der Waals surface area contributed by atoms with Crippen molar-refractivity contribution in [3.63, 3.8) is 0 Å². The Morgan fingerprint density at radius 2 is 1.69 bits per heavy atom. The van der Waals surface area contributed by atoms with E-state index in [1.165, 1.54) is 24.3 Å². The molecule has 0 heterocycles. The Bertz CT molecular complexity index is 1080. The van der Waals surface area contributed by atoms with Gasteiger partial charge in [0.1, 0.15) is 18.2 Å². The monoisotopic (exact) mass is 452 g/mol. The second-order valence-electron chi connectivity index (χ2n) is 6.46. The van der Waals surface area contributed by atoms with Gasteiger partial charge in [0, 0.05) is 10.6 Å². The van der Waals surface area contributed by atoms with Crippen LogP contribution in [0.2, 0.25) is 10.0 Å². The first-order valence-electron chi connectivity index (χ1n) is 8.98. The minimum atomic E-state index is -3.61. The number of hydrogen-bond acceptors (Lipinski definition) is 3. The zero-order valence-corrected chi connectivity index (χ0v) is 17.9. The maximum atomic E-state index is 13.9. The molecule has 0 aliphatic rings. The Kier molecular flexibility index (Phi) is 6.83. The number of sulfone groups is 1. The average Bonchev–Trinajstić information content (AvgIpc) is 2.69. The van der Waals surface area contributed by atoms with Gasteiger partial charge in [0.05, 0.1) is 15.2 Å². The maximum Gasteiger partial charge on any atom is 0.185 e. The second-order valence-corrected chi connectivity index (χ2v) is 9.43. The van der Waals surface area contributed by atoms with Crippen LogP contribution in [0.5, 0.6) is 5.75 Å². The van der Waals surface area contributed by atoms with Gasteiger partial charge in [-0.2, -0.15) is 0 Å². The minimum Gasteiger partial charge on any atom is -0.489 e. The van der Waals surface area contributed by atoms with Crippen molar-refractivity contribution in [2.24, 2.45) is 0 Å². The summed E-state index contributed by atoms with van der Waals surface area (Å²) in [6.07, 6.45) is 0.382. The van der Waals surface area contributed by atoms with Gasteiger partial charge >= 0.3 is 0 Å². The molecule has 3 rings (SSSR count). The summed E-state index contributed by atoms with van der Waals surface area (Å²) >= 11 is 11.9. The molecule has 0 aliphatic carbocycles. The maximum absolute atomic E-state index is 13.9. The molecule has 29 heavy (non-hydrogen) atoms. The summed E-state index contributed by atoms with van der Waals surface area (Å²) in [5.41, 5.74) is 0.847. The van der Waals surface area contributed by atoms with Gasteiger partial charge in [-0.25, -0.2) is 12.8 Å². The van der Waals surface area contributed by atoms with Crippen LogP contribution in [0.25, 0.3) is 0 Å². The summed E-state index contributed by atoms with van der Waals surface area (Å²) < 4.78 is 45.8.